The topological polar surface area (TPSA) is 85.8 Å². The summed E-state index contributed by atoms with van der Waals surface area (Å²) < 4.78 is 2.34. The Bertz CT molecular complexity index is 1820. The molecule has 0 unspecified atom stereocenters. The molecule has 0 aliphatic carbocycles. The van der Waals surface area contributed by atoms with Gasteiger partial charge < -0.3 is 24.7 Å². The molecule has 0 saturated heterocycles. The second kappa shape index (κ2) is 8.56. The molecule has 1 aliphatic rings. The Hall–Kier alpha value is -3.91. The summed E-state index contributed by atoms with van der Waals surface area (Å²) in [5.41, 5.74) is 4.17. The lowest BCUT2D eigenvalue weighted by Gasteiger charge is -2.40. The van der Waals surface area contributed by atoms with Crippen molar-refractivity contribution in [2.45, 2.75) is 0 Å². The quantitative estimate of drug-likeness (QED) is 0.248. The highest BCUT2D eigenvalue weighted by molar-refractivity contribution is 7.21. The van der Waals surface area contributed by atoms with Crippen LogP contribution in [-0.4, -0.2) is 47.0 Å². The summed E-state index contributed by atoms with van der Waals surface area (Å²) in [5.74, 6) is 0. The zero-order chi connectivity index (χ0) is 26.0. The fraction of sp³-hybridized carbons (Fsp3) is 0. The van der Waals surface area contributed by atoms with Crippen molar-refractivity contribution in [3.8, 4) is 5.69 Å². The highest BCUT2D eigenvalue weighted by Gasteiger charge is 2.48. The molecule has 4 N–H and O–H groups in total. The summed E-state index contributed by atoms with van der Waals surface area (Å²) in [6.07, 6.45) is 0. The number of aromatic nitrogens is 1. The van der Waals surface area contributed by atoms with Gasteiger partial charge in [0.05, 0.1) is 11.0 Å². The molecule has 6 aromatic rings. The van der Waals surface area contributed by atoms with Crippen molar-refractivity contribution in [2.75, 3.05) is 0 Å². The van der Waals surface area contributed by atoms with Gasteiger partial charge in [0.1, 0.15) is 0 Å². The third-order valence-electron chi connectivity index (χ3n) is 7.88. The molecule has 1 aliphatic heterocycles. The number of fused-ring (bicyclic) bond motifs is 5. The van der Waals surface area contributed by atoms with E-state index >= 15 is 0 Å². The Morgan fingerprint density at radius 1 is 0.526 bits per heavy atom. The van der Waals surface area contributed by atoms with Gasteiger partial charge >= 0.3 is 14.2 Å². The minimum atomic E-state index is -3.09. The standard InChI is InChI=1S/C30H23B2NO4Si/c34-31(35)20-8-5-10-22(18-20)38(23-11-6-9-21(19-23)32(36)37)28-16-4-3-15-27(28)33-26-14-2-1-12-24(26)25-13-7-17-29(38)30(25)33/h1-19,34-37H. The zero-order valence-electron chi connectivity index (χ0n) is 20.4. The summed E-state index contributed by atoms with van der Waals surface area (Å²) in [5, 5.41) is 47.1. The molecule has 5 aromatic carbocycles. The average molecular weight is 511 g/mol. The van der Waals surface area contributed by atoms with E-state index in [1.165, 1.54) is 10.6 Å². The smallest absolute Gasteiger partial charge is 0.423 e. The van der Waals surface area contributed by atoms with Crippen LogP contribution >= 0.6 is 0 Å². The molecule has 0 radical (unpaired) electrons. The summed E-state index contributed by atoms with van der Waals surface area (Å²) in [6.45, 7) is 0. The predicted molar refractivity (Wildman–Crippen MR) is 158 cm³/mol. The molecule has 5 nitrogen and oxygen atoms in total. The monoisotopic (exact) mass is 511 g/mol. The molecule has 1 aromatic heterocycles. The average Bonchev–Trinajstić information content (AvgIpc) is 3.29. The lowest BCUT2D eigenvalue weighted by atomic mass is 9.80. The van der Waals surface area contributed by atoms with Crippen LogP contribution in [0.15, 0.2) is 115 Å². The van der Waals surface area contributed by atoms with Gasteiger partial charge in [-0.05, 0) is 43.8 Å². The van der Waals surface area contributed by atoms with Gasteiger partial charge in [0.25, 0.3) is 0 Å². The first-order valence-electron chi connectivity index (χ1n) is 12.6. The van der Waals surface area contributed by atoms with Crippen LogP contribution in [-0.2, 0) is 0 Å². The van der Waals surface area contributed by atoms with E-state index < -0.39 is 22.3 Å². The van der Waals surface area contributed by atoms with Crippen molar-refractivity contribution in [1.29, 1.82) is 0 Å². The number of rotatable bonds is 4. The second-order valence-electron chi connectivity index (χ2n) is 9.82. The Morgan fingerprint density at radius 2 is 1.08 bits per heavy atom. The van der Waals surface area contributed by atoms with Gasteiger partial charge in [0.2, 0.25) is 0 Å². The lowest BCUT2D eigenvalue weighted by molar-refractivity contribution is 0.424. The Labute approximate surface area is 221 Å². The van der Waals surface area contributed by atoms with Crippen LogP contribution in [0.4, 0.5) is 0 Å². The molecule has 0 amide bonds. The number of para-hydroxylation sites is 3. The Kier molecular flexibility index (Phi) is 5.23. The maximum absolute atomic E-state index is 10.1. The molecular weight excluding hydrogens is 488 g/mol. The van der Waals surface area contributed by atoms with Crippen LogP contribution in [0.1, 0.15) is 0 Å². The van der Waals surface area contributed by atoms with Crippen LogP contribution in [0, 0.1) is 0 Å². The van der Waals surface area contributed by atoms with Crippen LogP contribution in [0.25, 0.3) is 27.5 Å². The van der Waals surface area contributed by atoms with Crippen LogP contribution in [0.5, 0.6) is 0 Å². The van der Waals surface area contributed by atoms with Crippen molar-refractivity contribution >= 4 is 75.8 Å². The fourth-order valence-electron chi connectivity index (χ4n) is 6.36. The molecule has 0 fully saturated rings. The predicted octanol–water partition coefficient (Wildman–Crippen LogP) is -0.166. The highest BCUT2D eigenvalue weighted by atomic mass is 28.3. The summed E-state index contributed by atoms with van der Waals surface area (Å²) in [6, 6.07) is 38.4. The fourth-order valence-corrected chi connectivity index (χ4v) is 11.6. The van der Waals surface area contributed by atoms with Gasteiger partial charge in [-0.2, -0.15) is 0 Å². The van der Waals surface area contributed by atoms with Crippen molar-refractivity contribution in [3.63, 3.8) is 0 Å². The maximum atomic E-state index is 10.1. The van der Waals surface area contributed by atoms with Gasteiger partial charge in [-0.25, -0.2) is 0 Å². The summed E-state index contributed by atoms with van der Waals surface area (Å²) in [4.78, 5) is 0. The van der Waals surface area contributed by atoms with Crippen LogP contribution < -0.4 is 31.7 Å². The van der Waals surface area contributed by atoms with Crippen molar-refractivity contribution in [2.24, 2.45) is 0 Å². The van der Waals surface area contributed by atoms with Crippen molar-refractivity contribution in [1.82, 2.24) is 4.57 Å². The van der Waals surface area contributed by atoms with Crippen LogP contribution in [0.3, 0.4) is 0 Å². The summed E-state index contributed by atoms with van der Waals surface area (Å²) >= 11 is 0. The molecule has 8 heteroatoms. The minimum Gasteiger partial charge on any atom is -0.423 e. The highest BCUT2D eigenvalue weighted by Crippen LogP contribution is 2.34. The van der Waals surface area contributed by atoms with E-state index in [1.807, 2.05) is 36.4 Å². The van der Waals surface area contributed by atoms with Gasteiger partial charge in [-0.3, -0.25) is 0 Å². The van der Waals surface area contributed by atoms with Crippen LogP contribution in [0.2, 0.25) is 0 Å². The second-order valence-corrected chi connectivity index (χ2v) is 13.6. The first-order valence-corrected chi connectivity index (χ1v) is 14.6. The Morgan fingerprint density at radius 3 is 1.76 bits per heavy atom. The first-order chi connectivity index (χ1) is 18.5. The van der Waals surface area contributed by atoms with Gasteiger partial charge in [-0.1, -0.05) is 103 Å². The first kappa shape index (κ1) is 23.2. The Balaban J connectivity index is 1.73. The number of hydrogen-bond acceptors (Lipinski definition) is 4. The van der Waals surface area contributed by atoms with E-state index in [-0.39, 0.29) is 0 Å². The lowest BCUT2D eigenvalue weighted by Crippen LogP contribution is -2.77. The minimum absolute atomic E-state index is 0.420. The zero-order valence-corrected chi connectivity index (χ0v) is 21.4. The van der Waals surface area contributed by atoms with Gasteiger partial charge in [-0.15, -0.1) is 0 Å². The largest absolute Gasteiger partial charge is 0.488 e. The van der Waals surface area contributed by atoms with E-state index in [9.17, 15) is 20.1 Å². The third-order valence-corrected chi connectivity index (χ3v) is 12.7. The van der Waals surface area contributed by atoms with Gasteiger partial charge in [0, 0.05) is 16.5 Å². The molecule has 7 rings (SSSR count). The molecule has 38 heavy (non-hydrogen) atoms. The molecule has 0 spiro atoms. The summed E-state index contributed by atoms with van der Waals surface area (Å²) in [7, 11) is -6.30. The molecule has 2 heterocycles. The number of benzene rings is 5. The van der Waals surface area contributed by atoms with E-state index in [1.54, 1.807) is 12.1 Å². The van der Waals surface area contributed by atoms with E-state index in [4.69, 9.17) is 0 Å². The molecular formula is C30H23B2NO4Si. The van der Waals surface area contributed by atoms with E-state index in [0.717, 1.165) is 37.7 Å². The normalized spacial score (nSPS) is 13.5. The van der Waals surface area contributed by atoms with Crippen molar-refractivity contribution in [3.05, 3.63) is 115 Å². The SMILES string of the molecule is OB(O)c1cccc([Si]2(c3cccc(B(O)O)c3)c3ccccc3-n3c4ccccc4c4cccc2c43)c1. The van der Waals surface area contributed by atoms with E-state index in [0.29, 0.717) is 10.9 Å². The van der Waals surface area contributed by atoms with Crippen molar-refractivity contribution < 1.29 is 20.1 Å². The molecule has 0 saturated carbocycles. The third kappa shape index (κ3) is 3.10. The number of nitrogens with zero attached hydrogens (tertiary/aromatic N) is 1. The molecule has 0 atom stereocenters. The molecule has 0 bridgehead atoms. The number of hydrogen-bond donors (Lipinski definition) is 4. The van der Waals surface area contributed by atoms with E-state index in [2.05, 4.69) is 71.3 Å². The molecule has 182 valence electrons. The van der Waals surface area contributed by atoms with Gasteiger partial charge in [0.15, 0.2) is 8.07 Å². The maximum Gasteiger partial charge on any atom is 0.488 e.